The summed E-state index contributed by atoms with van der Waals surface area (Å²) >= 11 is 0. The molecule has 0 aromatic carbocycles. The number of ketones is 1. The second-order valence-corrected chi connectivity index (χ2v) is 3.73. The summed E-state index contributed by atoms with van der Waals surface area (Å²) < 4.78 is 0. The minimum absolute atomic E-state index is 0.00347. The molecule has 1 fully saturated rings. The van der Waals surface area contributed by atoms with Crippen LogP contribution >= 0.6 is 0 Å². The van der Waals surface area contributed by atoms with Crippen molar-refractivity contribution in [2.24, 2.45) is 5.41 Å². The largest absolute Gasteiger partial charge is 0.316 e. The standard InChI is InChI=1S/C10H19NO/c1-3-5-10(9(12)4-2)6-7-11-8-10/h11H,3-8H2,1-2H3. The molecule has 0 spiro atoms. The zero-order valence-electron chi connectivity index (χ0n) is 8.15. The molecule has 12 heavy (non-hydrogen) atoms. The van der Waals surface area contributed by atoms with Gasteiger partial charge >= 0.3 is 0 Å². The quantitative estimate of drug-likeness (QED) is 0.694. The maximum Gasteiger partial charge on any atom is 0.140 e. The van der Waals surface area contributed by atoms with Crippen molar-refractivity contribution in [1.82, 2.24) is 5.32 Å². The van der Waals surface area contributed by atoms with E-state index in [4.69, 9.17) is 0 Å². The number of hydrogen-bond acceptors (Lipinski definition) is 2. The summed E-state index contributed by atoms with van der Waals surface area (Å²) in [5.74, 6) is 0.453. The number of carbonyl (C=O) groups is 1. The molecular formula is C10H19NO. The van der Waals surface area contributed by atoms with E-state index in [1.807, 2.05) is 6.92 Å². The molecule has 2 nitrogen and oxygen atoms in total. The van der Waals surface area contributed by atoms with Crippen LogP contribution in [0.15, 0.2) is 0 Å². The predicted molar refractivity (Wildman–Crippen MR) is 50.1 cm³/mol. The highest BCUT2D eigenvalue weighted by Crippen LogP contribution is 2.32. The van der Waals surface area contributed by atoms with E-state index < -0.39 is 0 Å². The van der Waals surface area contributed by atoms with Gasteiger partial charge < -0.3 is 5.32 Å². The fourth-order valence-electron chi connectivity index (χ4n) is 2.19. The lowest BCUT2D eigenvalue weighted by molar-refractivity contribution is -0.127. The molecule has 2 heteroatoms. The zero-order valence-corrected chi connectivity index (χ0v) is 8.15. The van der Waals surface area contributed by atoms with E-state index in [0.717, 1.165) is 32.4 Å². The summed E-state index contributed by atoms with van der Waals surface area (Å²) in [4.78, 5) is 11.7. The third kappa shape index (κ3) is 1.69. The Morgan fingerprint density at radius 2 is 2.25 bits per heavy atom. The topological polar surface area (TPSA) is 29.1 Å². The summed E-state index contributed by atoms with van der Waals surface area (Å²) in [5, 5.41) is 3.29. The Hall–Kier alpha value is -0.370. The van der Waals surface area contributed by atoms with E-state index in [1.54, 1.807) is 0 Å². The summed E-state index contributed by atoms with van der Waals surface area (Å²) in [6.07, 6.45) is 3.93. The first kappa shape index (κ1) is 9.72. The van der Waals surface area contributed by atoms with E-state index in [9.17, 15) is 4.79 Å². The highest BCUT2D eigenvalue weighted by atomic mass is 16.1. The number of Topliss-reactive ketones (excluding diaryl/α,β-unsaturated/α-hetero) is 1. The molecule has 0 radical (unpaired) electrons. The van der Waals surface area contributed by atoms with Crippen LogP contribution in [0.1, 0.15) is 39.5 Å². The van der Waals surface area contributed by atoms with Crippen LogP contribution in [0.25, 0.3) is 0 Å². The van der Waals surface area contributed by atoms with Crippen molar-refractivity contribution in [3.63, 3.8) is 0 Å². The summed E-state index contributed by atoms with van der Waals surface area (Å²) in [6, 6.07) is 0. The first-order valence-electron chi connectivity index (χ1n) is 4.99. The molecule has 1 heterocycles. The number of carbonyl (C=O) groups excluding carboxylic acids is 1. The Balaban J connectivity index is 2.64. The predicted octanol–water partition coefficient (Wildman–Crippen LogP) is 1.75. The van der Waals surface area contributed by atoms with Gasteiger partial charge in [-0.25, -0.2) is 0 Å². The van der Waals surface area contributed by atoms with Gasteiger partial charge in [-0.2, -0.15) is 0 Å². The molecule has 0 aliphatic carbocycles. The zero-order chi connectivity index (χ0) is 9.03. The highest BCUT2D eigenvalue weighted by Gasteiger charge is 2.38. The van der Waals surface area contributed by atoms with E-state index in [0.29, 0.717) is 12.2 Å². The number of nitrogens with one attached hydrogen (secondary N) is 1. The maximum absolute atomic E-state index is 11.7. The fraction of sp³-hybridized carbons (Fsp3) is 0.900. The Kier molecular flexibility index (Phi) is 3.27. The molecule has 1 aliphatic rings. The minimum Gasteiger partial charge on any atom is -0.316 e. The van der Waals surface area contributed by atoms with Gasteiger partial charge in [-0.1, -0.05) is 20.3 Å². The number of hydrogen-bond donors (Lipinski definition) is 1. The van der Waals surface area contributed by atoms with E-state index in [2.05, 4.69) is 12.2 Å². The molecule has 1 rings (SSSR count). The Morgan fingerprint density at radius 3 is 2.67 bits per heavy atom. The average Bonchev–Trinajstić information content (AvgIpc) is 2.53. The molecule has 0 aromatic rings. The molecular weight excluding hydrogens is 150 g/mol. The van der Waals surface area contributed by atoms with Crippen molar-refractivity contribution in [1.29, 1.82) is 0 Å². The van der Waals surface area contributed by atoms with Gasteiger partial charge in [-0.15, -0.1) is 0 Å². The second-order valence-electron chi connectivity index (χ2n) is 3.73. The van der Waals surface area contributed by atoms with Crippen LogP contribution in [0.3, 0.4) is 0 Å². The van der Waals surface area contributed by atoms with Crippen molar-refractivity contribution in [3.8, 4) is 0 Å². The minimum atomic E-state index is 0.00347. The Morgan fingerprint density at radius 1 is 1.50 bits per heavy atom. The van der Waals surface area contributed by atoms with Gasteiger partial charge in [0.15, 0.2) is 0 Å². The van der Waals surface area contributed by atoms with Crippen LogP contribution < -0.4 is 5.32 Å². The van der Waals surface area contributed by atoms with Gasteiger partial charge in [0.05, 0.1) is 0 Å². The molecule has 1 atom stereocenters. The normalized spacial score (nSPS) is 29.2. The van der Waals surface area contributed by atoms with E-state index >= 15 is 0 Å². The lowest BCUT2D eigenvalue weighted by Crippen LogP contribution is -2.32. The first-order chi connectivity index (χ1) is 5.75. The van der Waals surface area contributed by atoms with Crippen LogP contribution in [0.2, 0.25) is 0 Å². The van der Waals surface area contributed by atoms with Gasteiger partial charge in [0, 0.05) is 18.4 Å². The Labute approximate surface area is 74.7 Å². The molecule has 1 aliphatic heterocycles. The summed E-state index contributed by atoms with van der Waals surface area (Å²) in [6.45, 7) is 6.06. The third-order valence-electron chi connectivity index (χ3n) is 2.88. The summed E-state index contributed by atoms with van der Waals surface area (Å²) in [5.41, 5.74) is 0.00347. The Bertz CT molecular complexity index is 159. The van der Waals surface area contributed by atoms with E-state index in [1.165, 1.54) is 0 Å². The number of rotatable bonds is 4. The van der Waals surface area contributed by atoms with Crippen LogP contribution in [0.5, 0.6) is 0 Å². The lowest BCUT2D eigenvalue weighted by atomic mass is 9.77. The molecule has 0 amide bonds. The van der Waals surface area contributed by atoms with Crippen molar-refractivity contribution in [3.05, 3.63) is 0 Å². The van der Waals surface area contributed by atoms with Gasteiger partial charge in [0.25, 0.3) is 0 Å². The molecule has 1 unspecified atom stereocenters. The monoisotopic (exact) mass is 169 g/mol. The molecule has 70 valence electrons. The van der Waals surface area contributed by atoms with Crippen molar-refractivity contribution < 1.29 is 4.79 Å². The average molecular weight is 169 g/mol. The van der Waals surface area contributed by atoms with Gasteiger partial charge in [-0.05, 0) is 19.4 Å². The van der Waals surface area contributed by atoms with E-state index in [-0.39, 0.29) is 5.41 Å². The molecule has 0 bridgehead atoms. The van der Waals surface area contributed by atoms with Crippen molar-refractivity contribution in [2.45, 2.75) is 39.5 Å². The van der Waals surface area contributed by atoms with Gasteiger partial charge in [0.1, 0.15) is 5.78 Å². The SMILES string of the molecule is CCCC1(C(=O)CC)CCNC1. The van der Waals surface area contributed by atoms with Crippen LogP contribution in [0, 0.1) is 5.41 Å². The smallest absolute Gasteiger partial charge is 0.140 e. The molecule has 0 aromatic heterocycles. The second kappa shape index (κ2) is 4.04. The van der Waals surface area contributed by atoms with Crippen LogP contribution in [0.4, 0.5) is 0 Å². The maximum atomic E-state index is 11.7. The van der Waals surface area contributed by atoms with Crippen LogP contribution in [-0.4, -0.2) is 18.9 Å². The molecule has 1 N–H and O–H groups in total. The first-order valence-corrected chi connectivity index (χ1v) is 4.99. The summed E-state index contributed by atoms with van der Waals surface area (Å²) in [7, 11) is 0. The van der Waals surface area contributed by atoms with Crippen molar-refractivity contribution in [2.75, 3.05) is 13.1 Å². The third-order valence-corrected chi connectivity index (χ3v) is 2.88. The highest BCUT2D eigenvalue weighted by molar-refractivity contribution is 5.85. The lowest BCUT2D eigenvalue weighted by Gasteiger charge is -2.25. The van der Waals surface area contributed by atoms with Crippen LogP contribution in [-0.2, 0) is 4.79 Å². The fourth-order valence-corrected chi connectivity index (χ4v) is 2.19. The molecule has 1 saturated heterocycles. The van der Waals surface area contributed by atoms with Gasteiger partial charge in [-0.3, -0.25) is 4.79 Å². The molecule has 0 saturated carbocycles. The van der Waals surface area contributed by atoms with Gasteiger partial charge in [0.2, 0.25) is 0 Å². The van der Waals surface area contributed by atoms with Crippen molar-refractivity contribution >= 4 is 5.78 Å².